The van der Waals surface area contributed by atoms with Crippen molar-refractivity contribution in [1.29, 1.82) is 0 Å². The van der Waals surface area contributed by atoms with E-state index in [1.807, 2.05) is 46.5 Å². The Labute approximate surface area is 172 Å². The van der Waals surface area contributed by atoms with Crippen molar-refractivity contribution < 1.29 is 9.59 Å². The summed E-state index contributed by atoms with van der Waals surface area (Å²) in [7, 11) is 0. The molecule has 5 nitrogen and oxygen atoms in total. The third-order valence-corrected chi connectivity index (χ3v) is 7.84. The number of aromatic nitrogens is 1. The van der Waals surface area contributed by atoms with Crippen molar-refractivity contribution in [3.63, 3.8) is 0 Å². The number of hydrogen-bond donors (Lipinski definition) is 1. The molecule has 1 N–H and O–H groups in total. The van der Waals surface area contributed by atoms with E-state index >= 15 is 0 Å². The summed E-state index contributed by atoms with van der Waals surface area (Å²) in [5.41, 5.74) is 0.818. The number of amides is 2. The molecule has 0 bridgehead atoms. The smallest absolute Gasteiger partial charge is 0.271 e. The molecular formula is C21H23N3O2S2. The van der Waals surface area contributed by atoms with Crippen molar-refractivity contribution in [2.24, 2.45) is 0 Å². The molecule has 28 heavy (non-hydrogen) atoms. The summed E-state index contributed by atoms with van der Waals surface area (Å²) in [6, 6.07) is 8.26. The van der Waals surface area contributed by atoms with Gasteiger partial charge in [0.05, 0.1) is 23.3 Å². The quantitative estimate of drug-likeness (QED) is 0.696. The largest absolute Gasteiger partial charge is 0.351 e. The van der Waals surface area contributed by atoms with Gasteiger partial charge in [-0.25, -0.2) is 0 Å². The molecule has 2 amide bonds. The third kappa shape index (κ3) is 2.79. The number of nitrogens with zero attached hydrogens (tertiary/aromatic N) is 2. The van der Waals surface area contributed by atoms with Gasteiger partial charge in [0.2, 0.25) is 5.91 Å². The van der Waals surface area contributed by atoms with Crippen LogP contribution in [0.25, 0.3) is 10.2 Å². The fourth-order valence-corrected chi connectivity index (χ4v) is 6.01. The van der Waals surface area contributed by atoms with Gasteiger partial charge in [-0.1, -0.05) is 18.9 Å². The normalized spacial score (nSPS) is 22.8. The van der Waals surface area contributed by atoms with Crippen molar-refractivity contribution >= 4 is 44.7 Å². The first-order chi connectivity index (χ1) is 13.6. The van der Waals surface area contributed by atoms with Gasteiger partial charge in [0.25, 0.3) is 5.91 Å². The molecule has 4 heterocycles. The maximum atomic E-state index is 13.5. The van der Waals surface area contributed by atoms with Gasteiger partial charge in [0.1, 0.15) is 11.2 Å². The second-order valence-electron chi connectivity index (χ2n) is 7.99. The first kappa shape index (κ1) is 17.9. The Bertz CT molecular complexity index is 1030. The first-order valence-electron chi connectivity index (χ1n) is 9.78. The van der Waals surface area contributed by atoms with Crippen molar-refractivity contribution in [2.75, 3.05) is 0 Å². The lowest BCUT2D eigenvalue weighted by atomic mass is 9.94. The Balaban J connectivity index is 1.55. The van der Waals surface area contributed by atoms with Gasteiger partial charge in [0.15, 0.2) is 0 Å². The van der Waals surface area contributed by atoms with Gasteiger partial charge in [0, 0.05) is 10.9 Å². The van der Waals surface area contributed by atoms with E-state index in [4.69, 9.17) is 0 Å². The zero-order valence-electron chi connectivity index (χ0n) is 15.8. The maximum absolute atomic E-state index is 13.5. The van der Waals surface area contributed by atoms with Crippen LogP contribution in [0, 0.1) is 0 Å². The van der Waals surface area contributed by atoms with Crippen LogP contribution < -0.4 is 5.32 Å². The summed E-state index contributed by atoms with van der Waals surface area (Å²) in [6.07, 6.45) is 4.39. The molecule has 7 heteroatoms. The molecule has 0 spiro atoms. The third-order valence-electron chi connectivity index (χ3n) is 6.12. The minimum Gasteiger partial charge on any atom is -0.351 e. The van der Waals surface area contributed by atoms with Crippen molar-refractivity contribution in [3.05, 3.63) is 45.6 Å². The first-order valence-corrected chi connectivity index (χ1v) is 11.5. The van der Waals surface area contributed by atoms with E-state index in [-0.39, 0.29) is 17.9 Å². The molecule has 1 saturated carbocycles. The molecule has 1 aliphatic carbocycles. The monoisotopic (exact) mass is 413 g/mol. The summed E-state index contributed by atoms with van der Waals surface area (Å²) in [5.74, 6) is -0.0980. The summed E-state index contributed by atoms with van der Waals surface area (Å²) >= 11 is 3.26. The van der Waals surface area contributed by atoms with Crippen molar-refractivity contribution in [3.8, 4) is 0 Å². The zero-order valence-corrected chi connectivity index (χ0v) is 17.4. The van der Waals surface area contributed by atoms with Gasteiger partial charge < -0.3 is 14.8 Å². The van der Waals surface area contributed by atoms with E-state index < -0.39 is 5.54 Å². The van der Waals surface area contributed by atoms with Crippen LogP contribution in [0.2, 0.25) is 0 Å². The average Bonchev–Trinajstić information content (AvgIpc) is 3.44. The summed E-state index contributed by atoms with van der Waals surface area (Å²) in [6.45, 7) is 2.87. The number of carbonyl (C=O) groups is 2. The molecule has 1 aliphatic heterocycles. The van der Waals surface area contributed by atoms with Crippen LogP contribution in [-0.4, -0.2) is 32.9 Å². The summed E-state index contributed by atoms with van der Waals surface area (Å²) < 4.78 is 3.13. The molecule has 3 aromatic heterocycles. The fraction of sp³-hybridized carbons (Fsp3) is 0.429. The Morgan fingerprint density at radius 1 is 1.25 bits per heavy atom. The summed E-state index contributed by atoms with van der Waals surface area (Å²) in [4.78, 5) is 29.8. The Morgan fingerprint density at radius 3 is 2.82 bits per heavy atom. The van der Waals surface area contributed by atoms with Gasteiger partial charge >= 0.3 is 0 Å². The highest BCUT2D eigenvalue weighted by atomic mass is 32.1. The topological polar surface area (TPSA) is 54.3 Å². The molecule has 0 unspecified atom stereocenters. The molecular weight excluding hydrogens is 390 g/mol. The highest BCUT2D eigenvalue weighted by molar-refractivity contribution is 7.17. The molecule has 3 aromatic rings. The highest BCUT2D eigenvalue weighted by Crippen LogP contribution is 2.36. The molecule has 0 radical (unpaired) electrons. The van der Waals surface area contributed by atoms with E-state index in [2.05, 4.69) is 5.32 Å². The predicted molar refractivity (Wildman–Crippen MR) is 113 cm³/mol. The lowest BCUT2D eigenvalue weighted by Gasteiger charge is -2.44. The number of hydrogen-bond acceptors (Lipinski definition) is 4. The zero-order chi connectivity index (χ0) is 19.3. The number of rotatable bonds is 4. The average molecular weight is 414 g/mol. The maximum Gasteiger partial charge on any atom is 0.271 e. The van der Waals surface area contributed by atoms with Gasteiger partial charge in [-0.05, 0) is 48.7 Å². The van der Waals surface area contributed by atoms with Crippen LogP contribution in [0.4, 0.5) is 0 Å². The highest BCUT2D eigenvalue weighted by Gasteiger charge is 2.48. The number of carbonyl (C=O) groups excluding carboxylic acids is 2. The van der Waals surface area contributed by atoms with E-state index in [1.165, 1.54) is 0 Å². The molecule has 1 atom stereocenters. The standard InChI is InChI=1S/C21H23N3O2S2/c1-21(20(26)22-14-5-2-3-6-14)13-23-16-8-10-28-18(16)11-17(23)19(25)24(21)12-15-7-4-9-27-15/h4,7-11,14H,2-3,5-6,12-13H2,1H3,(H,22,26)/t21-/m0/s1. The fourth-order valence-electron chi connectivity index (χ4n) is 4.49. The van der Waals surface area contributed by atoms with E-state index in [1.54, 1.807) is 27.6 Å². The second-order valence-corrected chi connectivity index (χ2v) is 9.97. The predicted octanol–water partition coefficient (Wildman–Crippen LogP) is 4.24. The minimum atomic E-state index is -0.912. The number of nitrogens with one attached hydrogen (secondary N) is 1. The Hall–Kier alpha value is -2.12. The van der Waals surface area contributed by atoms with Crippen LogP contribution in [0.15, 0.2) is 35.0 Å². The molecule has 0 saturated heterocycles. The second kappa shape index (κ2) is 6.74. The molecule has 0 aromatic carbocycles. The van der Waals surface area contributed by atoms with E-state index in [0.717, 1.165) is 40.8 Å². The van der Waals surface area contributed by atoms with Gasteiger partial charge in [-0.15, -0.1) is 22.7 Å². The number of fused-ring (bicyclic) bond motifs is 3. The van der Waals surface area contributed by atoms with Crippen LogP contribution in [0.5, 0.6) is 0 Å². The molecule has 146 valence electrons. The summed E-state index contributed by atoms with van der Waals surface area (Å²) in [5, 5.41) is 7.29. The van der Waals surface area contributed by atoms with Crippen molar-refractivity contribution in [1.82, 2.24) is 14.8 Å². The van der Waals surface area contributed by atoms with Gasteiger partial charge in [-0.2, -0.15) is 0 Å². The SMILES string of the molecule is C[C@@]1(C(=O)NC2CCCC2)Cn2c(cc3sccc32)C(=O)N1Cc1cccs1. The molecule has 2 aliphatic rings. The van der Waals surface area contributed by atoms with Crippen LogP contribution in [0.1, 0.15) is 48.0 Å². The van der Waals surface area contributed by atoms with Crippen LogP contribution >= 0.6 is 22.7 Å². The van der Waals surface area contributed by atoms with Crippen molar-refractivity contribution in [2.45, 2.75) is 57.3 Å². The molecule has 1 fully saturated rings. The van der Waals surface area contributed by atoms with E-state index in [0.29, 0.717) is 18.8 Å². The molecule has 5 rings (SSSR count). The Kier molecular flexibility index (Phi) is 4.32. The van der Waals surface area contributed by atoms with Crippen LogP contribution in [0.3, 0.4) is 0 Å². The van der Waals surface area contributed by atoms with Crippen LogP contribution in [-0.2, 0) is 17.9 Å². The Morgan fingerprint density at radius 2 is 2.07 bits per heavy atom. The number of thiophene rings is 2. The minimum absolute atomic E-state index is 0.0352. The lowest BCUT2D eigenvalue weighted by molar-refractivity contribution is -0.133. The lowest BCUT2D eigenvalue weighted by Crippen LogP contribution is -2.64. The van der Waals surface area contributed by atoms with Gasteiger partial charge in [-0.3, -0.25) is 9.59 Å². The van der Waals surface area contributed by atoms with E-state index in [9.17, 15) is 9.59 Å².